The van der Waals surface area contributed by atoms with Crippen LogP contribution in [-0.2, 0) is 6.42 Å². The molecule has 0 aliphatic carbocycles. The monoisotopic (exact) mass is 367 g/mol. The summed E-state index contributed by atoms with van der Waals surface area (Å²) in [5.41, 5.74) is 0.859. The number of rotatable bonds is 3. The molecule has 2 aromatic rings. The van der Waals surface area contributed by atoms with Gasteiger partial charge in [0.2, 0.25) is 5.95 Å². The second-order valence-corrected chi connectivity index (χ2v) is 6.50. The third-order valence-corrected chi connectivity index (χ3v) is 4.42. The van der Waals surface area contributed by atoms with E-state index in [1.807, 2.05) is 0 Å². The Morgan fingerprint density at radius 1 is 1.09 bits per heavy atom. The van der Waals surface area contributed by atoms with E-state index in [1.165, 1.54) is 12.1 Å². The van der Waals surface area contributed by atoms with Gasteiger partial charge < -0.3 is 4.90 Å². The van der Waals surface area contributed by atoms with Gasteiger partial charge in [-0.25, -0.2) is 18.7 Å². The molecule has 1 saturated heterocycles. The molecule has 0 radical (unpaired) electrons. The van der Waals surface area contributed by atoms with E-state index in [9.17, 15) is 8.78 Å². The molecule has 0 amide bonds. The minimum absolute atomic E-state index is 0.483. The van der Waals surface area contributed by atoms with Gasteiger partial charge in [0.1, 0.15) is 0 Å². The van der Waals surface area contributed by atoms with E-state index in [-0.39, 0.29) is 0 Å². The highest BCUT2D eigenvalue weighted by Crippen LogP contribution is 2.24. The molecule has 1 aromatic heterocycles. The molecule has 0 saturated carbocycles. The summed E-state index contributed by atoms with van der Waals surface area (Å²) in [6, 6.07) is 4.18. The topological polar surface area (TPSA) is 29.0 Å². The molecule has 0 N–H and O–H groups in total. The van der Waals surface area contributed by atoms with Crippen molar-refractivity contribution < 1.29 is 8.78 Å². The van der Waals surface area contributed by atoms with Crippen LogP contribution in [0.1, 0.15) is 18.4 Å². The van der Waals surface area contributed by atoms with Gasteiger partial charge in [0.15, 0.2) is 11.6 Å². The number of nitrogens with zero attached hydrogens (tertiary/aromatic N) is 3. The maximum atomic E-state index is 13.2. The van der Waals surface area contributed by atoms with Gasteiger partial charge in [0.25, 0.3) is 0 Å². The molecular formula is C16H16BrF2N3. The Labute approximate surface area is 136 Å². The van der Waals surface area contributed by atoms with Gasteiger partial charge in [0.05, 0.1) is 4.47 Å². The van der Waals surface area contributed by atoms with Gasteiger partial charge in [-0.2, -0.15) is 0 Å². The fourth-order valence-electron chi connectivity index (χ4n) is 2.81. The molecule has 0 spiro atoms. The molecule has 0 bridgehead atoms. The van der Waals surface area contributed by atoms with Crippen molar-refractivity contribution in [1.29, 1.82) is 0 Å². The predicted octanol–water partition coefficient (Wildman–Crippen LogP) is 3.98. The average molecular weight is 368 g/mol. The molecule has 3 rings (SSSR count). The average Bonchev–Trinajstić information content (AvgIpc) is 2.53. The number of piperidine rings is 1. The Kier molecular flexibility index (Phi) is 4.66. The lowest BCUT2D eigenvalue weighted by atomic mass is 9.90. The summed E-state index contributed by atoms with van der Waals surface area (Å²) in [5, 5.41) is 0. The van der Waals surface area contributed by atoms with Gasteiger partial charge >= 0.3 is 0 Å². The molecule has 2 heterocycles. The maximum absolute atomic E-state index is 13.2. The van der Waals surface area contributed by atoms with Gasteiger partial charge in [-0.05, 0) is 58.8 Å². The second-order valence-electron chi connectivity index (χ2n) is 5.58. The van der Waals surface area contributed by atoms with Crippen molar-refractivity contribution in [1.82, 2.24) is 9.97 Å². The van der Waals surface area contributed by atoms with Crippen molar-refractivity contribution in [2.45, 2.75) is 19.3 Å². The first-order chi connectivity index (χ1) is 10.6. The lowest BCUT2D eigenvalue weighted by Gasteiger charge is -2.32. The van der Waals surface area contributed by atoms with Gasteiger partial charge in [-0.3, -0.25) is 0 Å². The molecule has 1 aliphatic heterocycles. The van der Waals surface area contributed by atoms with Crippen LogP contribution in [0.5, 0.6) is 0 Å². The summed E-state index contributed by atoms with van der Waals surface area (Å²) in [6.45, 7) is 1.77. The van der Waals surface area contributed by atoms with Gasteiger partial charge in [-0.15, -0.1) is 0 Å². The normalized spacial score (nSPS) is 16.0. The fourth-order valence-corrected chi connectivity index (χ4v) is 3.01. The van der Waals surface area contributed by atoms with Crippen LogP contribution in [0.15, 0.2) is 35.1 Å². The van der Waals surface area contributed by atoms with Crippen molar-refractivity contribution >= 4 is 21.9 Å². The predicted molar refractivity (Wildman–Crippen MR) is 84.7 cm³/mol. The van der Waals surface area contributed by atoms with E-state index in [0.29, 0.717) is 5.92 Å². The summed E-state index contributed by atoms with van der Waals surface area (Å²) in [6.07, 6.45) is 6.27. The second kappa shape index (κ2) is 6.69. The summed E-state index contributed by atoms with van der Waals surface area (Å²) in [5.74, 6) is -0.324. The van der Waals surface area contributed by atoms with Crippen molar-refractivity contribution in [3.63, 3.8) is 0 Å². The highest BCUT2D eigenvalue weighted by molar-refractivity contribution is 9.10. The van der Waals surface area contributed by atoms with Crippen LogP contribution >= 0.6 is 15.9 Å². The van der Waals surface area contributed by atoms with Crippen molar-refractivity contribution in [2.75, 3.05) is 18.0 Å². The fraction of sp³-hybridized carbons (Fsp3) is 0.375. The summed E-state index contributed by atoms with van der Waals surface area (Å²) >= 11 is 3.33. The van der Waals surface area contributed by atoms with E-state index in [4.69, 9.17) is 0 Å². The Morgan fingerprint density at radius 3 is 2.41 bits per heavy atom. The molecule has 1 fully saturated rings. The third-order valence-electron chi connectivity index (χ3n) is 4.01. The zero-order valence-electron chi connectivity index (χ0n) is 12.0. The van der Waals surface area contributed by atoms with E-state index in [2.05, 4.69) is 30.8 Å². The first-order valence-electron chi connectivity index (χ1n) is 7.28. The van der Waals surface area contributed by atoms with Crippen molar-refractivity contribution in [2.24, 2.45) is 5.92 Å². The van der Waals surface area contributed by atoms with E-state index >= 15 is 0 Å². The van der Waals surface area contributed by atoms with Crippen molar-refractivity contribution in [3.8, 4) is 0 Å². The largest absolute Gasteiger partial charge is 0.341 e. The Morgan fingerprint density at radius 2 is 1.77 bits per heavy atom. The highest BCUT2D eigenvalue weighted by atomic mass is 79.9. The van der Waals surface area contributed by atoms with Crippen LogP contribution in [-0.4, -0.2) is 23.1 Å². The smallest absolute Gasteiger partial charge is 0.225 e. The molecule has 0 atom stereocenters. The first kappa shape index (κ1) is 15.3. The minimum Gasteiger partial charge on any atom is -0.341 e. The molecule has 116 valence electrons. The van der Waals surface area contributed by atoms with E-state index < -0.39 is 11.6 Å². The molecular weight excluding hydrogens is 352 g/mol. The van der Waals surface area contributed by atoms with E-state index in [1.54, 1.807) is 18.5 Å². The van der Waals surface area contributed by atoms with Crippen LogP contribution in [0.3, 0.4) is 0 Å². The van der Waals surface area contributed by atoms with E-state index in [0.717, 1.165) is 48.3 Å². The molecule has 22 heavy (non-hydrogen) atoms. The zero-order chi connectivity index (χ0) is 15.5. The zero-order valence-corrected chi connectivity index (χ0v) is 13.6. The SMILES string of the molecule is Fc1ccc(CC2CCN(c3ncc(Br)cn3)CC2)cc1F. The number of halogens is 3. The Hall–Kier alpha value is -1.56. The third kappa shape index (κ3) is 3.61. The number of anilines is 1. The Balaban J connectivity index is 1.57. The van der Waals surface area contributed by atoms with Crippen LogP contribution in [0.4, 0.5) is 14.7 Å². The molecule has 6 heteroatoms. The lowest BCUT2D eigenvalue weighted by molar-refractivity contribution is 0.399. The first-order valence-corrected chi connectivity index (χ1v) is 8.07. The quantitative estimate of drug-likeness (QED) is 0.821. The lowest BCUT2D eigenvalue weighted by Crippen LogP contribution is -2.35. The van der Waals surface area contributed by atoms with Crippen molar-refractivity contribution in [3.05, 3.63) is 52.3 Å². The summed E-state index contributed by atoms with van der Waals surface area (Å²) < 4.78 is 27.1. The Bertz CT molecular complexity index is 640. The van der Waals surface area contributed by atoms with Crippen LogP contribution < -0.4 is 4.90 Å². The summed E-state index contributed by atoms with van der Waals surface area (Å²) in [4.78, 5) is 10.8. The maximum Gasteiger partial charge on any atom is 0.225 e. The highest BCUT2D eigenvalue weighted by Gasteiger charge is 2.21. The number of benzene rings is 1. The standard InChI is InChI=1S/C16H16BrF2N3/c17-13-9-20-16(21-10-13)22-5-3-11(4-6-22)7-12-1-2-14(18)15(19)8-12/h1-2,8-11H,3-7H2. The summed E-state index contributed by atoms with van der Waals surface area (Å²) in [7, 11) is 0. The number of aromatic nitrogens is 2. The molecule has 0 unspecified atom stereocenters. The number of hydrogen-bond acceptors (Lipinski definition) is 3. The minimum atomic E-state index is -0.786. The molecule has 1 aliphatic rings. The molecule has 1 aromatic carbocycles. The molecule has 3 nitrogen and oxygen atoms in total. The van der Waals surface area contributed by atoms with Crippen LogP contribution in [0.25, 0.3) is 0 Å². The number of hydrogen-bond donors (Lipinski definition) is 0. The van der Waals surface area contributed by atoms with Crippen LogP contribution in [0.2, 0.25) is 0 Å². The van der Waals surface area contributed by atoms with Gasteiger partial charge in [0, 0.05) is 25.5 Å². The van der Waals surface area contributed by atoms with Gasteiger partial charge in [-0.1, -0.05) is 6.07 Å². The van der Waals surface area contributed by atoms with Crippen LogP contribution in [0, 0.1) is 17.6 Å².